The molecule has 5 N–H and O–H groups in total. The lowest BCUT2D eigenvalue weighted by atomic mass is 10.2. The first-order valence-electron chi connectivity index (χ1n) is 5.14. The molecule has 2 aromatic rings. The van der Waals surface area contributed by atoms with E-state index in [1.807, 2.05) is 30.3 Å². The van der Waals surface area contributed by atoms with Crippen molar-refractivity contribution in [1.29, 1.82) is 0 Å². The highest BCUT2D eigenvalue weighted by atomic mass is 14.9. The summed E-state index contributed by atoms with van der Waals surface area (Å²) in [5.74, 6) is 0. The summed E-state index contributed by atoms with van der Waals surface area (Å²) in [6, 6.07) is 13.6. The number of hydrogen-bond donors (Lipinski definition) is 3. The van der Waals surface area contributed by atoms with Gasteiger partial charge in [-0.05, 0) is 36.8 Å². The molecule has 0 atom stereocenters. The lowest BCUT2D eigenvalue weighted by Gasteiger charge is -2.10. The third kappa shape index (κ3) is 2.08. The fourth-order valence-corrected chi connectivity index (χ4v) is 1.52. The van der Waals surface area contributed by atoms with Crippen LogP contribution < -0.4 is 16.8 Å². The van der Waals surface area contributed by atoms with Gasteiger partial charge >= 0.3 is 0 Å². The number of benzene rings is 2. The van der Waals surface area contributed by atoms with E-state index in [1.54, 1.807) is 6.07 Å². The van der Waals surface area contributed by atoms with Gasteiger partial charge in [0.25, 0.3) is 0 Å². The van der Waals surface area contributed by atoms with Gasteiger partial charge in [0.05, 0.1) is 11.4 Å². The second kappa shape index (κ2) is 4.14. The zero-order valence-electron chi connectivity index (χ0n) is 9.20. The van der Waals surface area contributed by atoms with Crippen molar-refractivity contribution < 1.29 is 0 Å². The summed E-state index contributed by atoms with van der Waals surface area (Å²) >= 11 is 0. The molecular formula is C13H15N3. The van der Waals surface area contributed by atoms with Crippen molar-refractivity contribution >= 4 is 22.7 Å². The molecular weight excluding hydrogens is 198 g/mol. The standard InChI is InChI=1S/C13H15N3/c1-9-4-2-3-5-13(9)16-10-6-7-11(14)12(15)8-10/h2-8,16H,14-15H2,1H3. The number of para-hydroxylation sites is 1. The molecule has 0 spiro atoms. The molecule has 2 rings (SSSR count). The van der Waals surface area contributed by atoms with Crippen LogP contribution in [0.25, 0.3) is 0 Å². The molecule has 0 unspecified atom stereocenters. The van der Waals surface area contributed by atoms with Crippen LogP contribution in [0.1, 0.15) is 5.56 Å². The van der Waals surface area contributed by atoms with Crippen molar-refractivity contribution in [2.75, 3.05) is 16.8 Å². The monoisotopic (exact) mass is 213 g/mol. The number of nitrogens with one attached hydrogen (secondary N) is 1. The summed E-state index contributed by atoms with van der Waals surface area (Å²) in [6.45, 7) is 2.06. The van der Waals surface area contributed by atoms with E-state index in [0.29, 0.717) is 11.4 Å². The average Bonchev–Trinajstić information content (AvgIpc) is 2.27. The zero-order valence-corrected chi connectivity index (χ0v) is 9.20. The Hall–Kier alpha value is -2.16. The molecule has 0 fully saturated rings. The molecule has 0 amide bonds. The minimum atomic E-state index is 0.596. The fraction of sp³-hybridized carbons (Fsp3) is 0.0769. The third-order valence-corrected chi connectivity index (χ3v) is 2.51. The van der Waals surface area contributed by atoms with E-state index >= 15 is 0 Å². The van der Waals surface area contributed by atoms with Crippen molar-refractivity contribution in [3.05, 3.63) is 48.0 Å². The van der Waals surface area contributed by atoms with Crippen LogP contribution in [0.3, 0.4) is 0 Å². The van der Waals surface area contributed by atoms with Gasteiger partial charge in [-0.3, -0.25) is 0 Å². The van der Waals surface area contributed by atoms with E-state index in [2.05, 4.69) is 18.3 Å². The maximum atomic E-state index is 5.75. The number of aryl methyl sites for hydroxylation is 1. The molecule has 0 saturated heterocycles. The van der Waals surface area contributed by atoms with Crippen molar-refractivity contribution in [3.63, 3.8) is 0 Å². The number of nitrogens with two attached hydrogens (primary N) is 2. The number of hydrogen-bond acceptors (Lipinski definition) is 3. The van der Waals surface area contributed by atoms with Crippen LogP contribution in [-0.4, -0.2) is 0 Å². The lowest BCUT2D eigenvalue weighted by molar-refractivity contribution is 1.43. The quantitative estimate of drug-likeness (QED) is 0.672. The largest absolute Gasteiger partial charge is 0.397 e. The first kappa shape index (κ1) is 10.4. The van der Waals surface area contributed by atoms with E-state index in [0.717, 1.165) is 11.4 Å². The van der Waals surface area contributed by atoms with Gasteiger partial charge in [-0.2, -0.15) is 0 Å². The zero-order chi connectivity index (χ0) is 11.5. The Bertz CT molecular complexity index is 506. The molecule has 0 heterocycles. The predicted octanol–water partition coefficient (Wildman–Crippen LogP) is 2.90. The Labute approximate surface area is 95.1 Å². The molecule has 0 aliphatic rings. The number of anilines is 4. The van der Waals surface area contributed by atoms with Gasteiger partial charge < -0.3 is 16.8 Å². The third-order valence-electron chi connectivity index (χ3n) is 2.51. The second-order valence-corrected chi connectivity index (χ2v) is 3.78. The molecule has 0 saturated carbocycles. The molecule has 3 nitrogen and oxygen atoms in total. The van der Waals surface area contributed by atoms with Crippen molar-refractivity contribution in [1.82, 2.24) is 0 Å². The van der Waals surface area contributed by atoms with Crippen LogP contribution in [0.2, 0.25) is 0 Å². The molecule has 0 aliphatic carbocycles. The maximum Gasteiger partial charge on any atom is 0.0568 e. The van der Waals surface area contributed by atoms with E-state index in [-0.39, 0.29) is 0 Å². The first-order chi connectivity index (χ1) is 7.66. The van der Waals surface area contributed by atoms with E-state index < -0.39 is 0 Å². The molecule has 2 aromatic carbocycles. The molecule has 82 valence electrons. The van der Waals surface area contributed by atoms with Gasteiger partial charge in [-0.15, -0.1) is 0 Å². The summed E-state index contributed by atoms with van der Waals surface area (Å²) in [7, 11) is 0. The van der Waals surface area contributed by atoms with Crippen LogP contribution in [-0.2, 0) is 0 Å². The molecule has 0 aliphatic heterocycles. The highest BCUT2D eigenvalue weighted by Crippen LogP contribution is 2.24. The summed E-state index contributed by atoms with van der Waals surface area (Å²) in [5, 5.41) is 3.30. The Balaban J connectivity index is 2.28. The van der Waals surface area contributed by atoms with Crippen molar-refractivity contribution in [3.8, 4) is 0 Å². The van der Waals surface area contributed by atoms with Crippen LogP contribution >= 0.6 is 0 Å². The maximum absolute atomic E-state index is 5.75. The van der Waals surface area contributed by atoms with Crippen molar-refractivity contribution in [2.45, 2.75) is 6.92 Å². The molecule has 0 bridgehead atoms. The summed E-state index contributed by atoms with van der Waals surface area (Å²) in [4.78, 5) is 0. The Kier molecular flexibility index (Phi) is 2.68. The SMILES string of the molecule is Cc1ccccc1Nc1ccc(N)c(N)c1. The number of nitrogen functional groups attached to an aromatic ring is 2. The summed E-state index contributed by atoms with van der Waals surface area (Å²) in [6.07, 6.45) is 0. The first-order valence-corrected chi connectivity index (χ1v) is 5.14. The summed E-state index contributed by atoms with van der Waals surface area (Å²) in [5.41, 5.74) is 15.8. The fourth-order valence-electron chi connectivity index (χ4n) is 1.52. The van der Waals surface area contributed by atoms with E-state index in [4.69, 9.17) is 11.5 Å². The Morgan fingerprint density at radius 3 is 2.38 bits per heavy atom. The minimum Gasteiger partial charge on any atom is -0.397 e. The van der Waals surface area contributed by atoms with Gasteiger partial charge in [-0.1, -0.05) is 18.2 Å². The molecule has 0 aromatic heterocycles. The topological polar surface area (TPSA) is 64.1 Å². The molecule has 16 heavy (non-hydrogen) atoms. The highest BCUT2D eigenvalue weighted by Gasteiger charge is 1.99. The Morgan fingerprint density at radius 2 is 1.69 bits per heavy atom. The number of rotatable bonds is 2. The highest BCUT2D eigenvalue weighted by molar-refractivity contribution is 5.73. The predicted molar refractivity (Wildman–Crippen MR) is 69.7 cm³/mol. The van der Waals surface area contributed by atoms with Crippen LogP contribution in [0.4, 0.5) is 22.7 Å². The van der Waals surface area contributed by atoms with Crippen LogP contribution in [0.15, 0.2) is 42.5 Å². The van der Waals surface area contributed by atoms with Crippen LogP contribution in [0.5, 0.6) is 0 Å². The van der Waals surface area contributed by atoms with Gasteiger partial charge in [0.15, 0.2) is 0 Å². The molecule has 3 heteroatoms. The van der Waals surface area contributed by atoms with Crippen molar-refractivity contribution in [2.24, 2.45) is 0 Å². The summed E-state index contributed by atoms with van der Waals surface area (Å²) < 4.78 is 0. The van der Waals surface area contributed by atoms with Gasteiger partial charge in [-0.25, -0.2) is 0 Å². The minimum absolute atomic E-state index is 0.596. The van der Waals surface area contributed by atoms with E-state index in [9.17, 15) is 0 Å². The Morgan fingerprint density at radius 1 is 0.938 bits per heavy atom. The smallest absolute Gasteiger partial charge is 0.0568 e. The molecule has 0 radical (unpaired) electrons. The average molecular weight is 213 g/mol. The van der Waals surface area contributed by atoms with Gasteiger partial charge in [0.2, 0.25) is 0 Å². The lowest BCUT2D eigenvalue weighted by Crippen LogP contribution is -1.97. The van der Waals surface area contributed by atoms with Crippen LogP contribution in [0, 0.1) is 6.92 Å². The van der Waals surface area contributed by atoms with E-state index in [1.165, 1.54) is 5.56 Å². The van der Waals surface area contributed by atoms with Gasteiger partial charge in [0, 0.05) is 11.4 Å². The normalized spacial score (nSPS) is 10.1. The van der Waals surface area contributed by atoms with Gasteiger partial charge in [0.1, 0.15) is 0 Å². The second-order valence-electron chi connectivity index (χ2n) is 3.78.